The highest BCUT2D eigenvalue weighted by Gasteiger charge is 1.94. The molecule has 0 saturated carbocycles. The van der Waals surface area contributed by atoms with E-state index < -0.39 is 5.83 Å². The highest BCUT2D eigenvalue weighted by atomic mass is 35.5. The third-order valence-corrected chi connectivity index (χ3v) is 1.34. The van der Waals surface area contributed by atoms with Crippen LogP contribution in [0, 0.1) is 0 Å². The highest BCUT2D eigenvalue weighted by Crippen LogP contribution is 2.15. The second-order valence-electron chi connectivity index (χ2n) is 1.82. The van der Waals surface area contributed by atoms with Gasteiger partial charge in [-0.25, -0.2) is 4.39 Å². The number of hydrogen-bond donors (Lipinski definition) is 0. The van der Waals surface area contributed by atoms with E-state index in [1.807, 2.05) is 6.07 Å². The Morgan fingerprint density at radius 1 is 1.30 bits per heavy atom. The summed E-state index contributed by atoms with van der Waals surface area (Å²) in [6.07, 6.45) is 0. The van der Waals surface area contributed by atoms with Gasteiger partial charge in [0.25, 0.3) is 0 Å². The van der Waals surface area contributed by atoms with Crippen molar-refractivity contribution >= 4 is 17.4 Å². The van der Waals surface area contributed by atoms with Gasteiger partial charge < -0.3 is 0 Å². The van der Waals surface area contributed by atoms with Crippen molar-refractivity contribution in [3.8, 4) is 0 Å². The molecule has 0 fully saturated rings. The van der Waals surface area contributed by atoms with Crippen molar-refractivity contribution in [2.75, 3.05) is 0 Å². The zero-order chi connectivity index (χ0) is 7.40. The van der Waals surface area contributed by atoms with Crippen molar-refractivity contribution in [2.24, 2.45) is 0 Å². The lowest BCUT2D eigenvalue weighted by Crippen LogP contribution is -1.72. The van der Waals surface area contributed by atoms with Gasteiger partial charge >= 0.3 is 0 Å². The van der Waals surface area contributed by atoms with Crippen LogP contribution in [0.3, 0.4) is 0 Å². The van der Waals surface area contributed by atoms with Gasteiger partial charge in [0, 0.05) is 11.1 Å². The third-order valence-electron chi connectivity index (χ3n) is 1.15. The summed E-state index contributed by atoms with van der Waals surface area (Å²) in [5, 5.41) is 0. The smallest absolute Gasteiger partial charge is 0.141 e. The van der Waals surface area contributed by atoms with E-state index in [0.29, 0.717) is 5.56 Å². The number of rotatable bonds is 1. The highest BCUT2D eigenvalue weighted by molar-refractivity contribution is 6.27. The Balaban J connectivity index is 2.96. The van der Waals surface area contributed by atoms with Crippen LogP contribution in [0.4, 0.5) is 4.39 Å². The van der Waals surface area contributed by atoms with Crippen LogP contribution in [0.15, 0.2) is 35.9 Å². The molecule has 1 rings (SSSR count). The van der Waals surface area contributed by atoms with E-state index in [4.69, 9.17) is 11.6 Å². The molecule has 1 aromatic rings. The summed E-state index contributed by atoms with van der Waals surface area (Å²) in [5.74, 6) is -0.401. The molecule has 0 nitrogen and oxygen atoms in total. The van der Waals surface area contributed by atoms with Gasteiger partial charge in [0.05, 0.1) is 0 Å². The van der Waals surface area contributed by atoms with Crippen LogP contribution in [0.2, 0.25) is 0 Å². The second-order valence-corrected chi connectivity index (χ2v) is 2.04. The van der Waals surface area contributed by atoms with Gasteiger partial charge in [-0.05, 0) is 0 Å². The molecule has 10 heavy (non-hydrogen) atoms. The van der Waals surface area contributed by atoms with Gasteiger partial charge in [0.15, 0.2) is 0 Å². The van der Waals surface area contributed by atoms with E-state index in [0.717, 1.165) is 5.54 Å². The van der Waals surface area contributed by atoms with E-state index >= 15 is 0 Å². The van der Waals surface area contributed by atoms with Crippen molar-refractivity contribution < 1.29 is 4.39 Å². The predicted molar refractivity (Wildman–Crippen MR) is 41.4 cm³/mol. The van der Waals surface area contributed by atoms with Crippen molar-refractivity contribution in [1.82, 2.24) is 0 Å². The third kappa shape index (κ3) is 1.58. The van der Waals surface area contributed by atoms with Crippen LogP contribution in [-0.2, 0) is 0 Å². The quantitative estimate of drug-likeness (QED) is 0.586. The van der Waals surface area contributed by atoms with Gasteiger partial charge in [-0.1, -0.05) is 41.9 Å². The Morgan fingerprint density at radius 3 is 2.40 bits per heavy atom. The summed E-state index contributed by atoms with van der Waals surface area (Å²) in [5.41, 5.74) is 1.44. The normalized spacial score (nSPS) is 11.6. The Bertz CT molecular complexity index is 228. The fourth-order valence-corrected chi connectivity index (χ4v) is 0.786. The zero-order valence-electron chi connectivity index (χ0n) is 5.22. The molecule has 52 valence electrons. The lowest BCUT2D eigenvalue weighted by atomic mass is 10.2. The largest absolute Gasteiger partial charge is 0.205 e. The Hall–Kier alpha value is -0.820. The average molecular weight is 157 g/mol. The van der Waals surface area contributed by atoms with Gasteiger partial charge in [-0.15, -0.1) is 0 Å². The van der Waals surface area contributed by atoms with E-state index in [-0.39, 0.29) is 0 Å². The average Bonchev–Trinajstić information content (AvgIpc) is 2.05. The molecular weight excluding hydrogens is 151 g/mol. The summed E-state index contributed by atoms with van der Waals surface area (Å²) in [6, 6.07) is 8.66. The molecule has 0 aliphatic carbocycles. The summed E-state index contributed by atoms with van der Waals surface area (Å²) in [4.78, 5) is 0. The molecule has 0 radical (unpaired) electrons. The molecule has 2 heteroatoms. The Labute approximate surface area is 63.9 Å². The minimum absolute atomic E-state index is 0.401. The van der Waals surface area contributed by atoms with E-state index in [1.54, 1.807) is 24.3 Å². The minimum atomic E-state index is -0.401. The summed E-state index contributed by atoms with van der Waals surface area (Å²) in [6.45, 7) is 0. The molecule has 0 atom stereocenters. The van der Waals surface area contributed by atoms with E-state index in [2.05, 4.69) is 0 Å². The molecule has 0 unspecified atom stereocenters. The molecule has 0 aliphatic heterocycles. The molecule has 0 aromatic heterocycles. The standard InChI is InChI=1S/C8H6ClF/c9-6-8(10)7-4-2-1-3-5-7/h1-6H/b8-6+. The molecule has 0 bridgehead atoms. The lowest BCUT2D eigenvalue weighted by Gasteiger charge is -1.92. The molecule has 0 saturated heterocycles. The first-order valence-corrected chi connectivity index (χ1v) is 3.29. The minimum Gasteiger partial charge on any atom is -0.205 e. The van der Waals surface area contributed by atoms with E-state index in [1.165, 1.54) is 0 Å². The maximum Gasteiger partial charge on any atom is 0.141 e. The first kappa shape index (κ1) is 7.29. The van der Waals surface area contributed by atoms with Crippen LogP contribution in [-0.4, -0.2) is 0 Å². The molecule has 0 N–H and O–H groups in total. The number of halogens is 2. The van der Waals surface area contributed by atoms with Crippen LogP contribution >= 0.6 is 11.6 Å². The fraction of sp³-hybridized carbons (Fsp3) is 0. The topological polar surface area (TPSA) is 0 Å². The number of benzene rings is 1. The van der Waals surface area contributed by atoms with E-state index in [9.17, 15) is 4.39 Å². The van der Waals surface area contributed by atoms with Crippen LogP contribution in [0.1, 0.15) is 5.56 Å². The maximum absolute atomic E-state index is 12.6. The SMILES string of the molecule is F/C(=C/Cl)c1ccccc1. The zero-order valence-corrected chi connectivity index (χ0v) is 5.98. The van der Waals surface area contributed by atoms with Crippen molar-refractivity contribution in [1.29, 1.82) is 0 Å². The molecule has 0 aliphatic rings. The summed E-state index contributed by atoms with van der Waals surface area (Å²) in [7, 11) is 0. The fourth-order valence-electron chi connectivity index (χ4n) is 0.660. The van der Waals surface area contributed by atoms with Gasteiger partial charge in [0.2, 0.25) is 0 Å². The van der Waals surface area contributed by atoms with Gasteiger partial charge in [0.1, 0.15) is 5.83 Å². The first-order chi connectivity index (χ1) is 4.84. The van der Waals surface area contributed by atoms with Gasteiger partial charge in [-0.2, -0.15) is 0 Å². The van der Waals surface area contributed by atoms with Crippen LogP contribution in [0.5, 0.6) is 0 Å². The van der Waals surface area contributed by atoms with Crippen LogP contribution < -0.4 is 0 Å². The predicted octanol–water partition coefficient (Wildman–Crippen LogP) is 3.19. The lowest BCUT2D eigenvalue weighted by molar-refractivity contribution is 0.762. The molecule has 1 aromatic carbocycles. The van der Waals surface area contributed by atoms with Crippen LogP contribution in [0.25, 0.3) is 5.83 Å². The number of hydrogen-bond acceptors (Lipinski definition) is 0. The second kappa shape index (κ2) is 3.37. The molecular formula is C8H6ClF. The van der Waals surface area contributed by atoms with Crippen molar-refractivity contribution in [2.45, 2.75) is 0 Å². The van der Waals surface area contributed by atoms with Gasteiger partial charge in [-0.3, -0.25) is 0 Å². The van der Waals surface area contributed by atoms with Crippen molar-refractivity contribution in [3.05, 3.63) is 41.4 Å². The first-order valence-electron chi connectivity index (χ1n) is 2.86. The molecule has 0 amide bonds. The Morgan fingerprint density at radius 2 is 1.90 bits per heavy atom. The summed E-state index contributed by atoms with van der Waals surface area (Å²) < 4.78 is 12.6. The maximum atomic E-state index is 12.6. The van der Waals surface area contributed by atoms with Crippen molar-refractivity contribution in [3.63, 3.8) is 0 Å². The summed E-state index contributed by atoms with van der Waals surface area (Å²) >= 11 is 5.15. The monoisotopic (exact) mass is 156 g/mol. The Kier molecular flexibility index (Phi) is 2.46. The molecule has 0 heterocycles. The molecule has 0 spiro atoms.